The van der Waals surface area contributed by atoms with Crippen LogP contribution in [-0.4, -0.2) is 31.3 Å². The standard InChI is InChI=1S/C19H22N6O3/c1-4-6-7-8-25-17-14(9-12(10-21-17)16(20)26)23-19(25)24-18(27)15-13(5-2)22-11(3)28-15/h6-7,9-10H,4-5,8H2,1-3H3,(H2,20,26)(H,23,24,27)/b7-6+. The van der Waals surface area contributed by atoms with Gasteiger partial charge >= 0.3 is 0 Å². The molecular formula is C19H22N6O3. The zero-order valence-corrected chi connectivity index (χ0v) is 16.0. The molecule has 28 heavy (non-hydrogen) atoms. The van der Waals surface area contributed by atoms with Gasteiger partial charge in [-0.1, -0.05) is 26.0 Å². The van der Waals surface area contributed by atoms with Crippen molar-refractivity contribution < 1.29 is 14.0 Å². The number of carbonyl (C=O) groups is 2. The van der Waals surface area contributed by atoms with Crippen LogP contribution in [0.5, 0.6) is 0 Å². The van der Waals surface area contributed by atoms with Crippen LogP contribution in [0.2, 0.25) is 0 Å². The number of nitrogens with two attached hydrogens (primary N) is 1. The highest BCUT2D eigenvalue weighted by atomic mass is 16.4. The molecule has 0 aromatic carbocycles. The van der Waals surface area contributed by atoms with Gasteiger partial charge in [-0.15, -0.1) is 0 Å². The molecule has 2 amide bonds. The van der Waals surface area contributed by atoms with E-state index in [0.29, 0.717) is 41.7 Å². The number of hydrogen-bond donors (Lipinski definition) is 2. The fraction of sp³-hybridized carbons (Fsp3) is 0.316. The molecule has 0 atom stereocenters. The van der Waals surface area contributed by atoms with Crippen molar-refractivity contribution in [1.29, 1.82) is 0 Å². The van der Waals surface area contributed by atoms with Crippen LogP contribution in [-0.2, 0) is 13.0 Å². The second-order valence-electron chi connectivity index (χ2n) is 6.17. The molecule has 0 spiro atoms. The summed E-state index contributed by atoms with van der Waals surface area (Å²) in [6.07, 6.45) is 6.80. The summed E-state index contributed by atoms with van der Waals surface area (Å²) in [5.41, 5.74) is 7.15. The van der Waals surface area contributed by atoms with Crippen LogP contribution < -0.4 is 11.1 Å². The van der Waals surface area contributed by atoms with Gasteiger partial charge in [-0.25, -0.2) is 15.0 Å². The van der Waals surface area contributed by atoms with Crippen molar-refractivity contribution in [3.63, 3.8) is 0 Å². The summed E-state index contributed by atoms with van der Waals surface area (Å²) < 4.78 is 7.20. The molecule has 3 aromatic rings. The summed E-state index contributed by atoms with van der Waals surface area (Å²) in [5.74, 6) is -0.151. The predicted molar refractivity (Wildman–Crippen MR) is 104 cm³/mol. The first-order valence-corrected chi connectivity index (χ1v) is 9.03. The van der Waals surface area contributed by atoms with E-state index in [-0.39, 0.29) is 11.3 Å². The SMILES string of the molecule is CC/C=C/Cn1c(NC(=O)c2oc(C)nc2CC)nc2cc(C(N)=O)cnc21. The highest BCUT2D eigenvalue weighted by molar-refractivity contribution is 6.03. The molecule has 3 heterocycles. The summed E-state index contributed by atoms with van der Waals surface area (Å²) >= 11 is 0. The number of hydrogen-bond acceptors (Lipinski definition) is 6. The largest absolute Gasteiger partial charge is 0.436 e. The minimum absolute atomic E-state index is 0.161. The number of nitrogens with zero attached hydrogens (tertiary/aromatic N) is 4. The zero-order valence-electron chi connectivity index (χ0n) is 16.0. The van der Waals surface area contributed by atoms with Gasteiger partial charge in [0.2, 0.25) is 17.6 Å². The summed E-state index contributed by atoms with van der Waals surface area (Å²) in [4.78, 5) is 37.1. The highest BCUT2D eigenvalue weighted by Crippen LogP contribution is 2.21. The molecule has 146 valence electrons. The number of aromatic nitrogens is 4. The van der Waals surface area contributed by atoms with Crippen LogP contribution in [0.15, 0.2) is 28.8 Å². The highest BCUT2D eigenvalue weighted by Gasteiger charge is 2.21. The lowest BCUT2D eigenvalue weighted by atomic mass is 10.2. The molecule has 0 saturated heterocycles. The first kappa shape index (κ1) is 19.3. The minimum atomic E-state index is -0.592. The Kier molecular flexibility index (Phi) is 5.53. The number of anilines is 1. The third kappa shape index (κ3) is 3.78. The van der Waals surface area contributed by atoms with E-state index in [1.54, 1.807) is 17.6 Å². The van der Waals surface area contributed by atoms with E-state index in [1.165, 1.54) is 6.20 Å². The van der Waals surface area contributed by atoms with Crippen molar-refractivity contribution in [2.24, 2.45) is 5.73 Å². The average molecular weight is 382 g/mol. The molecular weight excluding hydrogens is 360 g/mol. The molecule has 9 nitrogen and oxygen atoms in total. The maximum absolute atomic E-state index is 12.7. The molecule has 0 aliphatic heterocycles. The second kappa shape index (κ2) is 8.03. The molecule has 0 fully saturated rings. The van der Waals surface area contributed by atoms with Crippen molar-refractivity contribution in [2.75, 3.05) is 5.32 Å². The Labute approximate surface area is 161 Å². The van der Waals surface area contributed by atoms with E-state index >= 15 is 0 Å². The van der Waals surface area contributed by atoms with Gasteiger partial charge in [0.05, 0.1) is 11.3 Å². The monoisotopic (exact) mass is 382 g/mol. The summed E-state index contributed by atoms with van der Waals surface area (Å²) in [6, 6.07) is 1.55. The number of aryl methyl sites for hydroxylation is 2. The van der Waals surface area contributed by atoms with E-state index < -0.39 is 11.8 Å². The summed E-state index contributed by atoms with van der Waals surface area (Å²) in [7, 11) is 0. The second-order valence-corrected chi connectivity index (χ2v) is 6.17. The van der Waals surface area contributed by atoms with Gasteiger partial charge in [0, 0.05) is 19.7 Å². The average Bonchev–Trinajstić information content (AvgIpc) is 3.21. The molecule has 0 bridgehead atoms. The lowest BCUT2D eigenvalue weighted by Gasteiger charge is -2.07. The van der Waals surface area contributed by atoms with Gasteiger partial charge in [0.25, 0.3) is 5.91 Å². The van der Waals surface area contributed by atoms with Crippen molar-refractivity contribution in [1.82, 2.24) is 19.5 Å². The minimum Gasteiger partial charge on any atom is -0.436 e. The fourth-order valence-electron chi connectivity index (χ4n) is 2.81. The van der Waals surface area contributed by atoms with Gasteiger partial charge in [-0.2, -0.15) is 0 Å². The number of primary amides is 1. The van der Waals surface area contributed by atoms with Crippen LogP contribution in [0.4, 0.5) is 5.95 Å². The number of imidazole rings is 1. The number of nitrogens with one attached hydrogen (secondary N) is 1. The van der Waals surface area contributed by atoms with Crippen molar-refractivity contribution in [2.45, 2.75) is 40.2 Å². The topological polar surface area (TPSA) is 129 Å². The summed E-state index contributed by atoms with van der Waals surface area (Å²) in [6.45, 7) is 6.07. The number of allylic oxidation sites excluding steroid dienone is 2. The van der Waals surface area contributed by atoms with Crippen LogP contribution in [0.3, 0.4) is 0 Å². The Balaban J connectivity index is 2.02. The Morgan fingerprint density at radius 2 is 2.07 bits per heavy atom. The third-order valence-electron chi connectivity index (χ3n) is 4.13. The van der Waals surface area contributed by atoms with Crippen molar-refractivity contribution >= 4 is 28.9 Å². The van der Waals surface area contributed by atoms with E-state index in [0.717, 1.165) is 6.42 Å². The maximum atomic E-state index is 12.7. The Bertz CT molecular complexity index is 1060. The normalized spacial score (nSPS) is 11.4. The number of oxazole rings is 1. The van der Waals surface area contributed by atoms with Crippen molar-refractivity contribution in [3.8, 4) is 0 Å². The first-order valence-electron chi connectivity index (χ1n) is 9.03. The Morgan fingerprint density at radius 3 is 2.75 bits per heavy atom. The number of carbonyl (C=O) groups excluding carboxylic acids is 2. The molecule has 9 heteroatoms. The van der Waals surface area contributed by atoms with Gasteiger partial charge in [0.15, 0.2) is 11.5 Å². The van der Waals surface area contributed by atoms with Crippen LogP contribution in [0, 0.1) is 6.92 Å². The molecule has 3 rings (SSSR count). The van der Waals surface area contributed by atoms with Crippen LogP contribution in [0.1, 0.15) is 52.8 Å². The predicted octanol–water partition coefficient (Wildman–Crippen LogP) is 2.61. The Morgan fingerprint density at radius 1 is 1.29 bits per heavy atom. The molecule has 0 radical (unpaired) electrons. The van der Waals surface area contributed by atoms with Gasteiger partial charge in [-0.05, 0) is 18.9 Å². The molecule has 0 saturated carbocycles. The molecule has 0 aliphatic rings. The maximum Gasteiger partial charge on any atom is 0.295 e. The van der Waals surface area contributed by atoms with E-state index in [4.69, 9.17) is 10.2 Å². The van der Waals surface area contributed by atoms with Crippen molar-refractivity contribution in [3.05, 3.63) is 47.3 Å². The van der Waals surface area contributed by atoms with Crippen LogP contribution >= 0.6 is 0 Å². The van der Waals surface area contributed by atoms with Gasteiger partial charge < -0.3 is 10.2 Å². The summed E-state index contributed by atoms with van der Waals surface area (Å²) in [5, 5.41) is 2.77. The van der Waals surface area contributed by atoms with E-state index in [9.17, 15) is 9.59 Å². The first-order chi connectivity index (χ1) is 13.4. The molecule has 0 unspecified atom stereocenters. The van der Waals surface area contributed by atoms with E-state index in [1.807, 2.05) is 26.0 Å². The molecule has 0 aliphatic carbocycles. The lowest BCUT2D eigenvalue weighted by molar-refractivity contribution is 0.0988. The number of amides is 2. The Hall–Kier alpha value is -3.49. The number of pyridine rings is 1. The molecule has 3 aromatic heterocycles. The van der Waals surface area contributed by atoms with Gasteiger partial charge in [0.1, 0.15) is 5.52 Å². The number of rotatable bonds is 7. The fourth-order valence-corrected chi connectivity index (χ4v) is 2.81. The zero-order chi connectivity index (χ0) is 20.3. The lowest BCUT2D eigenvalue weighted by Crippen LogP contribution is -2.17. The smallest absolute Gasteiger partial charge is 0.295 e. The third-order valence-corrected chi connectivity index (χ3v) is 4.13. The van der Waals surface area contributed by atoms with E-state index in [2.05, 4.69) is 20.3 Å². The van der Waals surface area contributed by atoms with Gasteiger partial charge in [-0.3, -0.25) is 19.5 Å². The number of fused-ring (bicyclic) bond motifs is 1. The molecule has 3 N–H and O–H groups in total. The van der Waals surface area contributed by atoms with Crippen LogP contribution in [0.25, 0.3) is 11.2 Å². The quantitative estimate of drug-likeness (QED) is 0.604.